The largest absolute Gasteiger partial charge is 0.291 e. The first-order valence-corrected chi connectivity index (χ1v) is 3.45. The molecular weight excluding hydrogens is 108 g/mol. The Hall–Kier alpha value is 0.0200. The van der Waals surface area contributed by atoms with Crippen molar-refractivity contribution in [2.45, 2.75) is 18.1 Å². The van der Waals surface area contributed by atoms with Crippen LogP contribution in [0.25, 0.3) is 0 Å². The molecule has 0 aromatic heterocycles. The zero-order valence-corrected chi connectivity index (χ0v) is 4.83. The van der Waals surface area contributed by atoms with Gasteiger partial charge in [-0.05, 0) is 12.2 Å². The number of carbonyl (C=O) groups excluding carboxylic acids is 1. The van der Waals surface area contributed by atoms with Crippen LogP contribution in [-0.2, 0) is 4.79 Å². The highest BCUT2D eigenvalue weighted by Crippen LogP contribution is 2.29. The molecule has 2 heteroatoms. The summed E-state index contributed by atoms with van der Waals surface area (Å²) in [5.74, 6) is 1.24. The van der Waals surface area contributed by atoms with Crippen LogP contribution in [0.5, 0.6) is 0 Å². The van der Waals surface area contributed by atoms with E-state index in [-0.39, 0.29) is 0 Å². The smallest absolute Gasteiger partial charge is 0.199 e. The lowest BCUT2D eigenvalue weighted by Crippen LogP contribution is -2.15. The van der Waals surface area contributed by atoms with Gasteiger partial charge in [0.2, 0.25) is 0 Å². The normalized spacial score (nSPS) is 28.9. The van der Waals surface area contributed by atoms with Gasteiger partial charge < -0.3 is 0 Å². The van der Waals surface area contributed by atoms with Crippen LogP contribution < -0.4 is 0 Å². The van der Waals surface area contributed by atoms with E-state index in [9.17, 15) is 4.79 Å². The molecule has 1 heterocycles. The zero-order valence-electron chi connectivity index (χ0n) is 4.02. The number of hydrogen-bond donors (Lipinski definition) is 0. The van der Waals surface area contributed by atoms with Crippen LogP contribution in [0.1, 0.15) is 12.8 Å². The monoisotopic (exact) mass is 115 g/mol. The fourth-order valence-electron chi connectivity index (χ4n) is 0.538. The highest BCUT2D eigenvalue weighted by atomic mass is 32.2. The van der Waals surface area contributed by atoms with Crippen LogP contribution in [0.2, 0.25) is 0 Å². The molecule has 1 radical (unpaired) electrons. The van der Waals surface area contributed by atoms with E-state index in [4.69, 9.17) is 0 Å². The summed E-state index contributed by atoms with van der Waals surface area (Å²) in [6.45, 7) is 0. The lowest BCUT2D eigenvalue weighted by Gasteiger charge is -2.21. The van der Waals surface area contributed by atoms with Gasteiger partial charge in [0.05, 0.1) is 0 Å². The van der Waals surface area contributed by atoms with Gasteiger partial charge in [-0.15, -0.1) is 0 Å². The summed E-state index contributed by atoms with van der Waals surface area (Å²) in [7, 11) is 0. The van der Waals surface area contributed by atoms with Gasteiger partial charge >= 0.3 is 0 Å². The summed E-state index contributed by atoms with van der Waals surface area (Å²) in [5.41, 5.74) is 0. The summed E-state index contributed by atoms with van der Waals surface area (Å²) in [6.07, 6.45) is 3.76. The maximum Gasteiger partial charge on any atom is 0.199 e. The maximum absolute atomic E-state index is 9.67. The van der Waals surface area contributed by atoms with E-state index in [2.05, 4.69) is 0 Å². The first-order valence-electron chi connectivity index (χ1n) is 2.40. The molecule has 1 fully saturated rings. The Kier molecular flexibility index (Phi) is 1.74. The van der Waals surface area contributed by atoms with Crippen LogP contribution in [0.15, 0.2) is 0 Å². The fraction of sp³-hybridized carbons (Fsp3) is 0.800. The first kappa shape index (κ1) is 5.16. The summed E-state index contributed by atoms with van der Waals surface area (Å²) in [5, 5.41) is 0.623. The predicted octanol–water partition coefficient (Wildman–Crippen LogP) is 0.992. The average molecular weight is 115 g/mol. The van der Waals surface area contributed by atoms with Crippen molar-refractivity contribution in [3.63, 3.8) is 0 Å². The SMILES string of the molecule is O=[C]C[C@H]1CCS1. The molecule has 0 aromatic carbocycles. The van der Waals surface area contributed by atoms with Gasteiger partial charge in [-0.25, -0.2) is 0 Å². The molecule has 1 aliphatic heterocycles. The van der Waals surface area contributed by atoms with Crippen molar-refractivity contribution in [2.24, 2.45) is 0 Å². The van der Waals surface area contributed by atoms with Crippen molar-refractivity contribution in [3.05, 3.63) is 0 Å². The van der Waals surface area contributed by atoms with Crippen LogP contribution in [0.3, 0.4) is 0 Å². The second-order valence-electron chi connectivity index (χ2n) is 1.63. The van der Waals surface area contributed by atoms with Gasteiger partial charge in [0, 0.05) is 11.7 Å². The van der Waals surface area contributed by atoms with E-state index < -0.39 is 0 Å². The lowest BCUT2D eigenvalue weighted by atomic mass is 10.2. The Balaban J connectivity index is 2.03. The Bertz CT molecular complexity index is 68.5. The van der Waals surface area contributed by atoms with E-state index in [0.717, 1.165) is 0 Å². The molecule has 1 nitrogen and oxygen atoms in total. The average Bonchev–Trinajstić information content (AvgIpc) is 1.55. The Morgan fingerprint density at radius 2 is 2.57 bits per heavy atom. The fourth-order valence-corrected chi connectivity index (χ4v) is 1.29. The summed E-state index contributed by atoms with van der Waals surface area (Å²) in [6, 6.07) is 0. The highest BCUT2D eigenvalue weighted by Gasteiger charge is 2.16. The molecule has 0 saturated carbocycles. The first-order chi connectivity index (χ1) is 3.43. The van der Waals surface area contributed by atoms with Crippen molar-refractivity contribution < 1.29 is 4.79 Å². The third kappa shape index (κ3) is 1.20. The standard InChI is InChI=1S/C5H7OS/c6-3-1-5-2-4-7-5/h5H,1-2,4H2/t5-/m0/s1. The van der Waals surface area contributed by atoms with Crippen molar-refractivity contribution in [2.75, 3.05) is 5.75 Å². The number of hydrogen-bond acceptors (Lipinski definition) is 2. The molecule has 0 unspecified atom stereocenters. The minimum absolute atomic E-state index is 0.623. The molecule has 0 N–H and O–H groups in total. The van der Waals surface area contributed by atoms with Crippen LogP contribution in [-0.4, -0.2) is 17.3 Å². The molecule has 7 heavy (non-hydrogen) atoms. The molecule has 0 bridgehead atoms. The molecule has 1 atom stereocenters. The van der Waals surface area contributed by atoms with Gasteiger partial charge in [-0.3, -0.25) is 4.79 Å². The van der Waals surface area contributed by atoms with E-state index in [1.54, 1.807) is 0 Å². The zero-order chi connectivity index (χ0) is 5.11. The van der Waals surface area contributed by atoms with Crippen molar-refractivity contribution >= 4 is 18.0 Å². The van der Waals surface area contributed by atoms with Gasteiger partial charge in [0.25, 0.3) is 0 Å². The molecule has 0 aliphatic carbocycles. The highest BCUT2D eigenvalue weighted by molar-refractivity contribution is 8.01. The quantitative estimate of drug-likeness (QED) is 0.534. The molecule has 39 valence electrons. The van der Waals surface area contributed by atoms with Crippen molar-refractivity contribution in [3.8, 4) is 0 Å². The molecule has 1 saturated heterocycles. The van der Waals surface area contributed by atoms with E-state index >= 15 is 0 Å². The summed E-state index contributed by atoms with van der Waals surface area (Å²) >= 11 is 1.87. The molecule has 0 spiro atoms. The van der Waals surface area contributed by atoms with Gasteiger partial charge in [-0.1, -0.05) is 0 Å². The number of thioether (sulfide) groups is 1. The second kappa shape index (κ2) is 2.36. The lowest BCUT2D eigenvalue weighted by molar-refractivity contribution is 0.548. The Morgan fingerprint density at radius 3 is 2.71 bits per heavy atom. The van der Waals surface area contributed by atoms with Gasteiger partial charge in [-0.2, -0.15) is 11.8 Å². The van der Waals surface area contributed by atoms with E-state index in [1.807, 2.05) is 18.0 Å². The van der Waals surface area contributed by atoms with Crippen LogP contribution in [0, 0.1) is 0 Å². The topological polar surface area (TPSA) is 17.1 Å². The molecule has 1 aliphatic rings. The van der Waals surface area contributed by atoms with Crippen LogP contribution in [0.4, 0.5) is 0 Å². The molecule has 1 rings (SSSR count). The molecular formula is C5H7OS. The van der Waals surface area contributed by atoms with Gasteiger partial charge in [0.15, 0.2) is 6.29 Å². The van der Waals surface area contributed by atoms with E-state index in [0.29, 0.717) is 11.7 Å². The Labute approximate surface area is 47.5 Å². The third-order valence-electron chi connectivity index (χ3n) is 1.10. The maximum atomic E-state index is 9.67. The van der Waals surface area contributed by atoms with Gasteiger partial charge in [0.1, 0.15) is 0 Å². The minimum Gasteiger partial charge on any atom is -0.291 e. The third-order valence-corrected chi connectivity index (χ3v) is 2.45. The van der Waals surface area contributed by atoms with Crippen molar-refractivity contribution in [1.29, 1.82) is 0 Å². The summed E-state index contributed by atoms with van der Waals surface area (Å²) < 4.78 is 0. The molecule has 0 amide bonds. The number of rotatable bonds is 2. The molecule has 0 aromatic rings. The van der Waals surface area contributed by atoms with Crippen molar-refractivity contribution in [1.82, 2.24) is 0 Å². The predicted molar refractivity (Wildman–Crippen MR) is 31.2 cm³/mol. The second-order valence-corrected chi connectivity index (χ2v) is 3.04. The Morgan fingerprint density at radius 1 is 1.86 bits per heavy atom. The minimum atomic E-state index is 0.623. The summed E-state index contributed by atoms with van der Waals surface area (Å²) in [4.78, 5) is 9.67. The van der Waals surface area contributed by atoms with E-state index in [1.165, 1.54) is 12.2 Å². The van der Waals surface area contributed by atoms with Crippen LogP contribution >= 0.6 is 11.8 Å².